The highest BCUT2D eigenvalue weighted by Crippen LogP contribution is 2.52. The average molecular weight is 569 g/mol. The Hall–Kier alpha value is -2.68. The van der Waals surface area contributed by atoms with Crippen molar-refractivity contribution in [3.63, 3.8) is 0 Å². The minimum Gasteiger partial charge on any atom is -0.393 e. The van der Waals surface area contributed by atoms with Crippen molar-refractivity contribution in [2.75, 3.05) is 0 Å². The molecule has 1 aliphatic heterocycles. The molecule has 0 spiro atoms. The van der Waals surface area contributed by atoms with Gasteiger partial charge in [0, 0.05) is 0 Å². The van der Waals surface area contributed by atoms with Gasteiger partial charge in [-0.2, -0.15) is 0 Å². The number of allylic oxidation sites excluding steroid dienone is 16. The number of ether oxygens (including phenoxy) is 1. The Balaban J connectivity index is 1.51. The molecule has 2 heteroatoms. The normalized spacial score (nSPS) is 29.5. The van der Waals surface area contributed by atoms with Gasteiger partial charge in [-0.3, -0.25) is 0 Å². The Morgan fingerprint density at radius 1 is 0.786 bits per heavy atom. The molecule has 1 N–H and O–H groups in total. The summed E-state index contributed by atoms with van der Waals surface area (Å²) in [4.78, 5) is 0. The number of hydrogen-bond donors (Lipinski definition) is 1. The first-order valence-corrected chi connectivity index (χ1v) is 15.8. The molecule has 2 nitrogen and oxygen atoms in total. The van der Waals surface area contributed by atoms with E-state index < -0.39 is 0 Å². The summed E-state index contributed by atoms with van der Waals surface area (Å²) in [7, 11) is 0. The van der Waals surface area contributed by atoms with Crippen molar-refractivity contribution in [1.82, 2.24) is 0 Å². The molecule has 0 aromatic carbocycles. The summed E-state index contributed by atoms with van der Waals surface area (Å²) in [6.45, 7) is 22.1. The van der Waals surface area contributed by atoms with Gasteiger partial charge in [-0.25, -0.2) is 0 Å². The predicted molar refractivity (Wildman–Crippen MR) is 182 cm³/mol. The van der Waals surface area contributed by atoms with E-state index in [2.05, 4.69) is 148 Å². The molecule has 3 atom stereocenters. The molecule has 3 aliphatic rings. The molecular weight excluding hydrogens is 512 g/mol. The van der Waals surface area contributed by atoms with Crippen molar-refractivity contribution < 1.29 is 9.84 Å². The van der Waals surface area contributed by atoms with Gasteiger partial charge in [0.1, 0.15) is 0 Å². The molecule has 0 saturated heterocycles. The molecule has 0 unspecified atom stereocenters. The number of hydrogen-bond acceptors (Lipinski definition) is 2. The Morgan fingerprint density at radius 2 is 1.36 bits per heavy atom. The maximum atomic E-state index is 10.1. The first-order valence-electron chi connectivity index (χ1n) is 15.8. The van der Waals surface area contributed by atoms with E-state index in [0.29, 0.717) is 0 Å². The summed E-state index contributed by atoms with van der Waals surface area (Å²) < 4.78 is 6.55. The van der Waals surface area contributed by atoms with Gasteiger partial charge in [0.2, 0.25) is 0 Å². The Kier molecular flexibility index (Phi) is 11.4. The second kappa shape index (κ2) is 14.2. The van der Waals surface area contributed by atoms with Crippen LogP contribution in [0.5, 0.6) is 0 Å². The van der Waals surface area contributed by atoms with Gasteiger partial charge in [-0.1, -0.05) is 123 Å². The van der Waals surface area contributed by atoms with Crippen molar-refractivity contribution in [2.24, 2.45) is 10.8 Å². The van der Waals surface area contributed by atoms with Gasteiger partial charge in [0.15, 0.2) is 0 Å². The van der Waals surface area contributed by atoms with Crippen LogP contribution in [-0.4, -0.2) is 22.9 Å². The number of fused-ring (bicyclic) bond motifs is 1. The molecule has 1 heterocycles. The fraction of sp³-hybridized carbons (Fsp3) is 0.500. The number of aliphatic hydroxyl groups is 1. The van der Waals surface area contributed by atoms with Gasteiger partial charge in [-0.05, 0) is 107 Å². The van der Waals surface area contributed by atoms with Crippen LogP contribution in [0.2, 0.25) is 0 Å². The van der Waals surface area contributed by atoms with E-state index in [-0.39, 0.29) is 28.6 Å². The zero-order chi connectivity index (χ0) is 31.1. The molecule has 42 heavy (non-hydrogen) atoms. The lowest BCUT2D eigenvalue weighted by Crippen LogP contribution is -2.39. The van der Waals surface area contributed by atoms with Crippen molar-refractivity contribution in [2.45, 2.75) is 119 Å². The van der Waals surface area contributed by atoms with Gasteiger partial charge in [0.25, 0.3) is 0 Å². The van der Waals surface area contributed by atoms with Crippen LogP contribution in [0.1, 0.15) is 101 Å². The van der Waals surface area contributed by atoms with Crippen molar-refractivity contribution in [1.29, 1.82) is 0 Å². The SMILES string of the molecule is CC1=C(/C=C/C(C)=C/C=C/C(C)=C\C=C\C=C(C)\C=C\C=C(/C)[C@@H]2C=C3C(C)(C)CCC[C@@]3(C)O2)C(C)(C)C[C@H](O)C1. The molecule has 0 aromatic heterocycles. The molecule has 1 fully saturated rings. The second-order valence-electron chi connectivity index (χ2n) is 14.3. The van der Waals surface area contributed by atoms with E-state index in [4.69, 9.17) is 4.74 Å². The fourth-order valence-electron chi connectivity index (χ4n) is 6.84. The lowest BCUT2D eigenvalue weighted by atomic mass is 9.67. The van der Waals surface area contributed by atoms with E-state index in [1.165, 1.54) is 51.9 Å². The quantitative estimate of drug-likeness (QED) is 0.221. The molecule has 2 aliphatic carbocycles. The third-order valence-corrected chi connectivity index (χ3v) is 9.16. The molecule has 0 bridgehead atoms. The average Bonchev–Trinajstić information content (AvgIpc) is 3.24. The summed E-state index contributed by atoms with van der Waals surface area (Å²) in [5, 5.41) is 10.1. The van der Waals surface area contributed by atoms with Gasteiger partial charge >= 0.3 is 0 Å². The van der Waals surface area contributed by atoms with E-state index in [9.17, 15) is 5.11 Å². The lowest BCUT2D eigenvalue weighted by molar-refractivity contribution is -0.0307. The van der Waals surface area contributed by atoms with Crippen LogP contribution in [0.25, 0.3) is 0 Å². The minimum absolute atomic E-state index is 0.00964. The van der Waals surface area contributed by atoms with Crippen LogP contribution in [0.3, 0.4) is 0 Å². The zero-order valence-corrected chi connectivity index (χ0v) is 28.1. The second-order valence-corrected chi connectivity index (χ2v) is 14.3. The highest BCUT2D eigenvalue weighted by Gasteiger charge is 2.47. The number of rotatable bonds is 9. The van der Waals surface area contributed by atoms with Crippen molar-refractivity contribution in [3.05, 3.63) is 118 Å². The Morgan fingerprint density at radius 3 is 1.95 bits per heavy atom. The maximum Gasteiger partial charge on any atom is 0.0982 e. The van der Waals surface area contributed by atoms with E-state index in [0.717, 1.165) is 19.3 Å². The van der Waals surface area contributed by atoms with E-state index in [1.54, 1.807) is 0 Å². The monoisotopic (exact) mass is 568 g/mol. The van der Waals surface area contributed by atoms with Gasteiger partial charge < -0.3 is 9.84 Å². The first-order chi connectivity index (χ1) is 19.6. The minimum atomic E-state index is -0.223. The van der Waals surface area contributed by atoms with Crippen LogP contribution < -0.4 is 0 Å². The molecule has 0 radical (unpaired) electrons. The van der Waals surface area contributed by atoms with Gasteiger partial charge in [-0.15, -0.1) is 0 Å². The standard InChI is InChI=1S/C40H56O2/c1-29(18-13-19-31(3)22-23-35-33(5)26-34(41)28-39(35,8)9)16-11-12-17-30(2)20-14-21-32(4)36-27-37-38(6,7)24-15-25-40(37,10)42-36/h11-14,16-23,27,34,36,41H,15,24-26,28H2,1-10H3/b12-11+,18-13+,20-14+,23-22+,29-16-,30-17+,31-19+,32-21+/t34-,36+,40-/m1/s1. The lowest BCUT2D eigenvalue weighted by Gasteiger charge is -2.42. The Bertz CT molecular complexity index is 1290. The van der Waals surface area contributed by atoms with Crippen LogP contribution in [-0.2, 0) is 4.74 Å². The van der Waals surface area contributed by atoms with Crippen molar-refractivity contribution >= 4 is 0 Å². The molecule has 1 saturated carbocycles. The highest BCUT2D eigenvalue weighted by molar-refractivity contribution is 5.39. The summed E-state index contributed by atoms with van der Waals surface area (Å²) in [6, 6.07) is 0. The molecule has 228 valence electrons. The van der Waals surface area contributed by atoms with Crippen LogP contribution in [0, 0.1) is 10.8 Å². The van der Waals surface area contributed by atoms with Crippen molar-refractivity contribution in [3.8, 4) is 0 Å². The molecule has 0 amide bonds. The van der Waals surface area contributed by atoms with E-state index >= 15 is 0 Å². The topological polar surface area (TPSA) is 29.5 Å². The van der Waals surface area contributed by atoms with Crippen LogP contribution >= 0.6 is 0 Å². The van der Waals surface area contributed by atoms with Crippen LogP contribution in [0.4, 0.5) is 0 Å². The predicted octanol–water partition coefficient (Wildman–Crippen LogP) is 10.8. The Labute approximate surface area is 257 Å². The zero-order valence-electron chi connectivity index (χ0n) is 28.1. The smallest absolute Gasteiger partial charge is 0.0982 e. The largest absolute Gasteiger partial charge is 0.393 e. The van der Waals surface area contributed by atoms with Crippen LogP contribution in [0.15, 0.2) is 118 Å². The summed E-state index contributed by atoms with van der Waals surface area (Å²) >= 11 is 0. The fourth-order valence-corrected chi connectivity index (χ4v) is 6.84. The van der Waals surface area contributed by atoms with E-state index in [1.807, 2.05) is 0 Å². The number of aliphatic hydroxyl groups excluding tert-OH is 1. The third kappa shape index (κ3) is 9.16. The summed E-state index contributed by atoms with van der Waals surface area (Å²) in [5.41, 5.74) is 9.13. The third-order valence-electron chi connectivity index (χ3n) is 9.16. The highest BCUT2D eigenvalue weighted by atomic mass is 16.5. The molecule has 3 rings (SSSR count). The maximum absolute atomic E-state index is 10.1. The summed E-state index contributed by atoms with van der Waals surface area (Å²) in [6.07, 6.45) is 33.2. The summed E-state index contributed by atoms with van der Waals surface area (Å²) in [5.74, 6) is 0. The molecular formula is C40H56O2. The van der Waals surface area contributed by atoms with Gasteiger partial charge in [0.05, 0.1) is 17.8 Å². The molecule has 0 aromatic rings. The first kappa shape index (κ1) is 33.8.